The number of aromatic hydroxyl groups is 1. The molecule has 0 amide bonds. The van der Waals surface area contributed by atoms with Crippen molar-refractivity contribution in [1.82, 2.24) is 0 Å². The third-order valence-electron chi connectivity index (χ3n) is 2.13. The van der Waals surface area contributed by atoms with Gasteiger partial charge in [-0.25, -0.2) is 0 Å². The molecular formula is C12H14O4. The molecule has 1 rings (SSSR count). The number of carbonyl (C=O) groups is 2. The zero-order valence-corrected chi connectivity index (χ0v) is 9.32. The van der Waals surface area contributed by atoms with Crippen molar-refractivity contribution in [1.29, 1.82) is 0 Å². The van der Waals surface area contributed by atoms with E-state index in [1.54, 1.807) is 19.1 Å². The van der Waals surface area contributed by atoms with Gasteiger partial charge in [0.1, 0.15) is 5.75 Å². The Hall–Kier alpha value is -1.84. The largest absolute Gasteiger partial charge is 0.508 e. The lowest BCUT2D eigenvalue weighted by Crippen LogP contribution is -2.07. The van der Waals surface area contributed by atoms with Crippen LogP contribution in [-0.4, -0.2) is 23.5 Å². The van der Waals surface area contributed by atoms with Gasteiger partial charge in [0.2, 0.25) is 0 Å². The Morgan fingerprint density at radius 1 is 1.38 bits per heavy atom. The van der Waals surface area contributed by atoms with Gasteiger partial charge in [0, 0.05) is 11.1 Å². The van der Waals surface area contributed by atoms with Gasteiger partial charge in [0.15, 0.2) is 5.78 Å². The number of hydrogen-bond donors (Lipinski definition) is 1. The van der Waals surface area contributed by atoms with Gasteiger partial charge < -0.3 is 9.84 Å². The molecule has 0 saturated heterocycles. The summed E-state index contributed by atoms with van der Waals surface area (Å²) in [5.74, 6) is -0.577. The number of rotatable bonds is 4. The van der Waals surface area contributed by atoms with Crippen molar-refractivity contribution in [3.63, 3.8) is 0 Å². The predicted molar refractivity (Wildman–Crippen MR) is 58.4 cm³/mol. The van der Waals surface area contributed by atoms with Gasteiger partial charge in [-0.2, -0.15) is 0 Å². The Kier molecular flexibility index (Phi) is 4.05. The van der Waals surface area contributed by atoms with Gasteiger partial charge in [-0.15, -0.1) is 0 Å². The molecule has 0 unspecified atom stereocenters. The highest BCUT2D eigenvalue weighted by Gasteiger charge is 2.10. The number of carbonyl (C=O) groups excluding carboxylic acids is 2. The molecule has 0 aliphatic rings. The van der Waals surface area contributed by atoms with E-state index >= 15 is 0 Å². The SMILES string of the molecule is CCOC(=O)Cc1ccc(C(C)=O)cc1O. The first-order valence-corrected chi connectivity index (χ1v) is 5.03. The molecule has 0 radical (unpaired) electrons. The molecule has 1 aromatic carbocycles. The van der Waals surface area contributed by atoms with Crippen LogP contribution in [0.4, 0.5) is 0 Å². The van der Waals surface area contributed by atoms with Crippen LogP contribution in [0.25, 0.3) is 0 Å². The summed E-state index contributed by atoms with van der Waals surface area (Å²) in [5.41, 5.74) is 0.883. The molecule has 0 bridgehead atoms. The summed E-state index contributed by atoms with van der Waals surface area (Å²) < 4.78 is 4.76. The summed E-state index contributed by atoms with van der Waals surface area (Å²) in [7, 11) is 0. The highest BCUT2D eigenvalue weighted by molar-refractivity contribution is 5.94. The third-order valence-corrected chi connectivity index (χ3v) is 2.13. The first-order chi connectivity index (χ1) is 7.54. The van der Waals surface area contributed by atoms with Crippen LogP contribution in [-0.2, 0) is 16.0 Å². The monoisotopic (exact) mass is 222 g/mol. The van der Waals surface area contributed by atoms with Gasteiger partial charge in [-0.3, -0.25) is 9.59 Å². The van der Waals surface area contributed by atoms with Crippen LogP contribution in [0.5, 0.6) is 5.75 Å². The van der Waals surface area contributed by atoms with E-state index in [1.807, 2.05) is 0 Å². The lowest BCUT2D eigenvalue weighted by Gasteiger charge is -2.05. The summed E-state index contributed by atoms with van der Waals surface area (Å²) in [6.45, 7) is 3.45. The van der Waals surface area contributed by atoms with Gasteiger partial charge in [0.25, 0.3) is 0 Å². The Morgan fingerprint density at radius 2 is 2.06 bits per heavy atom. The Labute approximate surface area is 93.9 Å². The number of Topliss-reactive ketones (excluding diaryl/α,β-unsaturated/α-hetero) is 1. The van der Waals surface area contributed by atoms with Crippen LogP contribution in [0.15, 0.2) is 18.2 Å². The predicted octanol–water partition coefficient (Wildman–Crippen LogP) is 1.70. The minimum absolute atomic E-state index is 0.0118. The topological polar surface area (TPSA) is 63.6 Å². The average molecular weight is 222 g/mol. The third kappa shape index (κ3) is 3.08. The molecule has 0 heterocycles. The van der Waals surface area contributed by atoms with Crippen molar-refractivity contribution in [3.8, 4) is 5.75 Å². The number of esters is 1. The van der Waals surface area contributed by atoms with E-state index in [0.717, 1.165) is 0 Å². The summed E-state index contributed by atoms with van der Waals surface area (Å²) in [6.07, 6.45) is 0.0118. The molecule has 1 N–H and O–H groups in total. The molecule has 0 aliphatic carbocycles. The molecule has 0 saturated carbocycles. The van der Waals surface area contributed by atoms with E-state index in [9.17, 15) is 14.7 Å². The zero-order chi connectivity index (χ0) is 12.1. The average Bonchev–Trinajstić information content (AvgIpc) is 2.21. The van der Waals surface area contributed by atoms with E-state index in [-0.39, 0.29) is 18.0 Å². The van der Waals surface area contributed by atoms with E-state index in [1.165, 1.54) is 13.0 Å². The number of phenolic OH excluding ortho intramolecular Hbond substituents is 1. The smallest absolute Gasteiger partial charge is 0.310 e. The second-order valence-corrected chi connectivity index (χ2v) is 3.38. The van der Waals surface area contributed by atoms with E-state index in [0.29, 0.717) is 17.7 Å². The van der Waals surface area contributed by atoms with Crippen LogP contribution >= 0.6 is 0 Å². The van der Waals surface area contributed by atoms with Crippen molar-refractivity contribution >= 4 is 11.8 Å². The molecule has 1 aromatic rings. The fraction of sp³-hybridized carbons (Fsp3) is 0.333. The van der Waals surface area contributed by atoms with Crippen molar-refractivity contribution < 1.29 is 19.4 Å². The zero-order valence-electron chi connectivity index (χ0n) is 9.32. The molecular weight excluding hydrogens is 208 g/mol. The minimum Gasteiger partial charge on any atom is -0.508 e. The molecule has 4 nitrogen and oxygen atoms in total. The van der Waals surface area contributed by atoms with Crippen LogP contribution < -0.4 is 0 Å². The fourth-order valence-electron chi connectivity index (χ4n) is 1.30. The molecule has 0 fully saturated rings. The molecule has 0 aliphatic heterocycles. The van der Waals surface area contributed by atoms with Gasteiger partial charge >= 0.3 is 5.97 Å². The van der Waals surface area contributed by atoms with Crippen molar-refractivity contribution in [2.45, 2.75) is 20.3 Å². The van der Waals surface area contributed by atoms with E-state index in [4.69, 9.17) is 4.74 Å². The first-order valence-electron chi connectivity index (χ1n) is 5.03. The number of ether oxygens (including phenoxy) is 1. The maximum Gasteiger partial charge on any atom is 0.310 e. The second kappa shape index (κ2) is 5.30. The fourth-order valence-corrected chi connectivity index (χ4v) is 1.30. The van der Waals surface area contributed by atoms with Gasteiger partial charge in [-0.05, 0) is 19.9 Å². The van der Waals surface area contributed by atoms with Crippen LogP contribution in [0.3, 0.4) is 0 Å². The van der Waals surface area contributed by atoms with Crippen LogP contribution in [0.2, 0.25) is 0 Å². The van der Waals surface area contributed by atoms with Crippen molar-refractivity contribution in [3.05, 3.63) is 29.3 Å². The second-order valence-electron chi connectivity index (χ2n) is 3.38. The Balaban J connectivity index is 2.83. The summed E-state index contributed by atoms with van der Waals surface area (Å²) in [4.78, 5) is 22.2. The molecule has 0 aromatic heterocycles. The van der Waals surface area contributed by atoms with E-state index < -0.39 is 5.97 Å². The van der Waals surface area contributed by atoms with Gasteiger partial charge in [0.05, 0.1) is 13.0 Å². The minimum atomic E-state index is -0.395. The Morgan fingerprint density at radius 3 is 2.56 bits per heavy atom. The first kappa shape index (κ1) is 12.2. The van der Waals surface area contributed by atoms with Crippen molar-refractivity contribution in [2.75, 3.05) is 6.61 Å². The lowest BCUT2D eigenvalue weighted by molar-refractivity contribution is -0.142. The molecule has 86 valence electrons. The lowest BCUT2D eigenvalue weighted by atomic mass is 10.1. The summed E-state index contributed by atoms with van der Waals surface area (Å²) in [6, 6.07) is 4.50. The highest BCUT2D eigenvalue weighted by Crippen LogP contribution is 2.20. The maximum absolute atomic E-state index is 11.2. The Bertz CT molecular complexity index is 409. The maximum atomic E-state index is 11.2. The normalized spacial score (nSPS) is 9.88. The summed E-state index contributed by atoms with van der Waals surface area (Å²) >= 11 is 0. The van der Waals surface area contributed by atoms with Crippen LogP contribution in [0, 0.1) is 0 Å². The quantitative estimate of drug-likeness (QED) is 0.622. The standard InChI is InChI=1S/C12H14O4/c1-3-16-12(15)7-10-5-4-9(8(2)13)6-11(10)14/h4-6,14H,3,7H2,1-2H3. The summed E-state index contributed by atoms with van der Waals surface area (Å²) in [5, 5.41) is 9.60. The van der Waals surface area contributed by atoms with Gasteiger partial charge in [-0.1, -0.05) is 12.1 Å². The number of phenols is 1. The molecule has 4 heteroatoms. The number of hydrogen-bond acceptors (Lipinski definition) is 4. The highest BCUT2D eigenvalue weighted by atomic mass is 16.5. The van der Waals surface area contributed by atoms with Crippen LogP contribution in [0.1, 0.15) is 29.8 Å². The number of ketones is 1. The van der Waals surface area contributed by atoms with Crippen molar-refractivity contribution in [2.24, 2.45) is 0 Å². The molecule has 16 heavy (non-hydrogen) atoms. The van der Waals surface area contributed by atoms with E-state index in [2.05, 4.69) is 0 Å². The number of benzene rings is 1. The molecule has 0 spiro atoms. The molecule has 0 atom stereocenters.